The lowest BCUT2D eigenvalue weighted by molar-refractivity contribution is 0.0342. The summed E-state index contributed by atoms with van der Waals surface area (Å²) in [7, 11) is 0. The van der Waals surface area contributed by atoms with Gasteiger partial charge in [0.15, 0.2) is 12.2 Å². The molecule has 2 aromatic carbocycles. The Morgan fingerprint density at radius 2 is 1.67 bits per heavy atom. The first-order valence-electron chi connectivity index (χ1n) is 9.11. The van der Waals surface area contributed by atoms with Gasteiger partial charge in [0.1, 0.15) is 0 Å². The van der Waals surface area contributed by atoms with Crippen LogP contribution in [0.15, 0.2) is 75.8 Å². The van der Waals surface area contributed by atoms with Gasteiger partial charge in [0, 0.05) is 25.2 Å². The summed E-state index contributed by atoms with van der Waals surface area (Å²) in [6.07, 6.45) is 3.12. The third-order valence-electron chi connectivity index (χ3n) is 4.56. The molecule has 1 aliphatic heterocycles. The average molecular weight is 362 g/mol. The Hall–Kier alpha value is -2.83. The highest BCUT2D eigenvalue weighted by Crippen LogP contribution is 2.22. The molecule has 0 aliphatic carbocycles. The second-order valence-corrected chi connectivity index (χ2v) is 6.52. The highest BCUT2D eigenvalue weighted by atomic mass is 16.5. The fourth-order valence-corrected chi connectivity index (χ4v) is 3.02. The summed E-state index contributed by atoms with van der Waals surface area (Å²) in [6.45, 7) is 5.22. The molecule has 0 amide bonds. The molecular formula is C21H22N4O2. The van der Waals surface area contributed by atoms with Gasteiger partial charge in [-0.25, -0.2) is 4.98 Å². The second kappa shape index (κ2) is 8.70. The van der Waals surface area contributed by atoms with Crippen molar-refractivity contribution in [2.45, 2.75) is 13.1 Å². The average Bonchev–Trinajstić information content (AvgIpc) is 3.26. The summed E-state index contributed by atoms with van der Waals surface area (Å²) in [5.74, 6) is 0.746. The minimum Gasteiger partial charge on any atom is -0.444 e. The lowest BCUT2D eigenvalue weighted by Crippen LogP contribution is -2.35. The fraction of sp³-hybridized carbons (Fsp3) is 0.286. The largest absolute Gasteiger partial charge is 0.444 e. The summed E-state index contributed by atoms with van der Waals surface area (Å²) in [5.41, 5.74) is 4.27. The number of morpholine rings is 1. The van der Waals surface area contributed by atoms with Gasteiger partial charge in [-0.15, -0.1) is 0 Å². The van der Waals surface area contributed by atoms with E-state index in [4.69, 9.17) is 9.15 Å². The van der Waals surface area contributed by atoms with Crippen LogP contribution < -0.4 is 0 Å². The third kappa shape index (κ3) is 4.87. The molecule has 0 bridgehead atoms. The van der Waals surface area contributed by atoms with Crippen molar-refractivity contribution in [3.05, 3.63) is 72.2 Å². The van der Waals surface area contributed by atoms with Gasteiger partial charge >= 0.3 is 0 Å². The van der Waals surface area contributed by atoms with E-state index >= 15 is 0 Å². The number of hydrogen-bond acceptors (Lipinski definition) is 6. The lowest BCUT2D eigenvalue weighted by atomic mass is 10.1. The fourth-order valence-electron chi connectivity index (χ4n) is 3.02. The van der Waals surface area contributed by atoms with E-state index in [2.05, 4.69) is 44.4 Å². The Morgan fingerprint density at radius 1 is 0.926 bits per heavy atom. The minimum absolute atomic E-state index is 0.571. The molecule has 138 valence electrons. The molecule has 1 fully saturated rings. The molecule has 0 saturated carbocycles. The molecule has 6 heteroatoms. The zero-order chi connectivity index (χ0) is 18.3. The summed E-state index contributed by atoms with van der Waals surface area (Å²) >= 11 is 0. The molecule has 1 saturated heterocycles. The van der Waals surface area contributed by atoms with Crippen molar-refractivity contribution >= 4 is 5.69 Å². The van der Waals surface area contributed by atoms with Crippen LogP contribution in [0.25, 0.3) is 11.3 Å². The molecule has 0 radical (unpaired) electrons. The van der Waals surface area contributed by atoms with Crippen molar-refractivity contribution in [2.75, 3.05) is 26.3 Å². The van der Waals surface area contributed by atoms with Crippen LogP contribution in [0.1, 0.15) is 11.1 Å². The molecule has 2 heterocycles. The smallest absolute Gasteiger partial charge is 0.181 e. The van der Waals surface area contributed by atoms with Gasteiger partial charge in [0.2, 0.25) is 0 Å². The van der Waals surface area contributed by atoms with E-state index in [-0.39, 0.29) is 0 Å². The van der Waals surface area contributed by atoms with Crippen molar-refractivity contribution in [1.29, 1.82) is 0 Å². The summed E-state index contributed by atoms with van der Waals surface area (Å²) in [5, 5.41) is 8.61. The van der Waals surface area contributed by atoms with Crippen LogP contribution >= 0.6 is 0 Å². The zero-order valence-electron chi connectivity index (χ0n) is 15.1. The molecule has 1 aromatic heterocycles. The van der Waals surface area contributed by atoms with Crippen molar-refractivity contribution in [2.24, 2.45) is 10.2 Å². The van der Waals surface area contributed by atoms with Crippen LogP contribution in [-0.4, -0.2) is 36.2 Å². The van der Waals surface area contributed by atoms with Gasteiger partial charge in [-0.3, -0.25) is 4.90 Å². The highest BCUT2D eigenvalue weighted by Gasteiger charge is 2.10. The zero-order valence-corrected chi connectivity index (χ0v) is 15.1. The molecular weight excluding hydrogens is 340 g/mol. The first kappa shape index (κ1) is 17.6. The lowest BCUT2D eigenvalue weighted by Gasteiger charge is -2.26. The SMILES string of the molecule is c1ncc(-c2ccc(N=NCc3ccc(CN4CCOCC4)cc3)cc2)o1. The molecule has 0 unspecified atom stereocenters. The number of oxazole rings is 1. The Bertz CT molecular complexity index is 852. The van der Waals surface area contributed by atoms with E-state index < -0.39 is 0 Å². The second-order valence-electron chi connectivity index (χ2n) is 6.52. The van der Waals surface area contributed by atoms with E-state index in [0.717, 1.165) is 55.4 Å². The van der Waals surface area contributed by atoms with Gasteiger partial charge in [-0.1, -0.05) is 24.3 Å². The molecule has 0 atom stereocenters. The highest BCUT2D eigenvalue weighted by molar-refractivity contribution is 5.59. The maximum atomic E-state index is 5.39. The summed E-state index contributed by atoms with van der Waals surface area (Å²) < 4.78 is 10.7. The first-order valence-corrected chi connectivity index (χ1v) is 9.11. The van der Waals surface area contributed by atoms with Gasteiger partial charge in [0.25, 0.3) is 0 Å². The summed E-state index contributed by atoms with van der Waals surface area (Å²) in [4.78, 5) is 6.34. The van der Waals surface area contributed by atoms with Crippen molar-refractivity contribution in [3.8, 4) is 11.3 Å². The third-order valence-corrected chi connectivity index (χ3v) is 4.56. The van der Waals surface area contributed by atoms with E-state index in [1.807, 2.05) is 24.3 Å². The Balaban J connectivity index is 1.30. The van der Waals surface area contributed by atoms with Gasteiger partial charge in [-0.2, -0.15) is 10.2 Å². The Kier molecular flexibility index (Phi) is 5.67. The van der Waals surface area contributed by atoms with Crippen LogP contribution in [-0.2, 0) is 17.8 Å². The predicted octanol–water partition coefficient (Wildman–Crippen LogP) is 4.46. The van der Waals surface area contributed by atoms with E-state index in [1.165, 1.54) is 12.0 Å². The Morgan fingerprint density at radius 3 is 2.37 bits per heavy atom. The normalized spacial score (nSPS) is 15.4. The van der Waals surface area contributed by atoms with Gasteiger partial charge < -0.3 is 9.15 Å². The van der Waals surface area contributed by atoms with Crippen LogP contribution in [0.3, 0.4) is 0 Å². The summed E-state index contributed by atoms with van der Waals surface area (Å²) in [6, 6.07) is 16.4. The number of hydrogen-bond donors (Lipinski definition) is 0. The first-order chi connectivity index (χ1) is 13.4. The van der Waals surface area contributed by atoms with Crippen LogP contribution in [0.2, 0.25) is 0 Å². The maximum absolute atomic E-state index is 5.39. The molecule has 27 heavy (non-hydrogen) atoms. The molecule has 6 nitrogen and oxygen atoms in total. The van der Waals surface area contributed by atoms with E-state index in [9.17, 15) is 0 Å². The maximum Gasteiger partial charge on any atom is 0.181 e. The number of aromatic nitrogens is 1. The topological polar surface area (TPSA) is 63.2 Å². The van der Waals surface area contributed by atoms with Crippen LogP contribution in [0.5, 0.6) is 0 Å². The molecule has 0 N–H and O–H groups in total. The van der Waals surface area contributed by atoms with Crippen LogP contribution in [0, 0.1) is 0 Å². The number of rotatable bonds is 6. The standard InChI is InChI=1S/C21H22N4O2/c1-3-18(15-25-9-11-26-12-10-25)4-2-17(1)13-23-24-20-7-5-19(6-8-20)21-14-22-16-27-21/h1-8,14,16H,9-13,15H2. The Labute approximate surface area is 158 Å². The number of benzene rings is 2. The van der Waals surface area contributed by atoms with Crippen molar-refractivity contribution < 1.29 is 9.15 Å². The van der Waals surface area contributed by atoms with Crippen molar-refractivity contribution in [3.63, 3.8) is 0 Å². The molecule has 0 spiro atoms. The van der Waals surface area contributed by atoms with Gasteiger partial charge in [-0.05, 0) is 35.4 Å². The number of azo groups is 1. The predicted molar refractivity (Wildman–Crippen MR) is 103 cm³/mol. The van der Waals surface area contributed by atoms with E-state index in [1.54, 1.807) is 6.20 Å². The van der Waals surface area contributed by atoms with Crippen LogP contribution in [0.4, 0.5) is 5.69 Å². The van der Waals surface area contributed by atoms with Gasteiger partial charge in [0.05, 0.1) is 31.6 Å². The monoisotopic (exact) mass is 362 g/mol. The minimum atomic E-state index is 0.571. The molecule has 4 rings (SSSR count). The van der Waals surface area contributed by atoms with E-state index in [0.29, 0.717) is 6.54 Å². The number of nitrogens with zero attached hydrogens (tertiary/aromatic N) is 4. The number of ether oxygens (including phenoxy) is 1. The van der Waals surface area contributed by atoms with Crippen molar-refractivity contribution in [1.82, 2.24) is 9.88 Å². The molecule has 3 aromatic rings. The molecule has 1 aliphatic rings. The quantitative estimate of drug-likeness (QED) is 0.608.